The van der Waals surface area contributed by atoms with E-state index in [2.05, 4.69) is 0 Å². The van der Waals surface area contributed by atoms with Gasteiger partial charge in [0.15, 0.2) is 17.3 Å². The zero-order valence-electron chi connectivity index (χ0n) is 28.8. The van der Waals surface area contributed by atoms with Crippen molar-refractivity contribution in [2.24, 2.45) is 32.5 Å². The van der Waals surface area contributed by atoms with Crippen molar-refractivity contribution in [1.29, 1.82) is 0 Å². The van der Waals surface area contributed by atoms with Gasteiger partial charge in [-0.3, -0.25) is 14.4 Å². The van der Waals surface area contributed by atoms with E-state index in [9.17, 15) is 29.7 Å². The Morgan fingerprint density at radius 1 is 0.350 bits per heavy atom. The number of allylic oxidation sites excluding steroid dienone is 6. The van der Waals surface area contributed by atoms with Crippen LogP contribution in [0.1, 0.15) is 125 Å². The molecule has 0 rings (SSSR count). The Morgan fingerprint density at radius 2 is 0.475 bits per heavy atom. The van der Waals surface area contributed by atoms with E-state index in [0.717, 1.165) is 0 Å². The molecule has 0 heterocycles. The summed E-state index contributed by atoms with van der Waals surface area (Å²) in [5.41, 5.74) is -2.74. The molecule has 0 unspecified atom stereocenters. The minimum absolute atomic E-state index is 0. The van der Waals surface area contributed by atoms with Gasteiger partial charge in [-0.05, 0) is 34.5 Å². The van der Waals surface area contributed by atoms with E-state index in [1.54, 1.807) is 0 Å². The molecule has 6 nitrogen and oxygen atoms in total. The van der Waals surface area contributed by atoms with Crippen LogP contribution < -0.4 is 15.3 Å². The molecular weight excluding hydrogens is 633 g/mol. The minimum atomic E-state index is -0.457. The van der Waals surface area contributed by atoms with Crippen LogP contribution in [0.25, 0.3) is 0 Å². The normalized spacial score (nSPS) is 14.1. The van der Waals surface area contributed by atoms with Crippen LogP contribution in [-0.2, 0) is 14.4 Å². The smallest absolute Gasteiger partial charge is 0.875 e. The van der Waals surface area contributed by atoms with E-state index in [1.807, 2.05) is 125 Å². The first-order chi connectivity index (χ1) is 16.6. The molecule has 0 aliphatic heterocycles. The predicted octanol–water partition coefficient (Wildman–Crippen LogP) is 5.68. The van der Waals surface area contributed by atoms with Crippen LogP contribution >= 0.6 is 0 Å². The minimum Gasteiger partial charge on any atom is -0.875 e. The standard InChI is InChI=1S/3C11H20O2.Pr/c3*1-10(2,3)8(12)7-9(13)11(4,5)6;/h3*7,12H,1-6H3;/q;;;+3/p-3. The van der Waals surface area contributed by atoms with Gasteiger partial charge in [-0.25, -0.2) is 0 Å². The van der Waals surface area contributed by atoms with Crippen molar-refractivity contribution >= 4 is 17.3 Å². The second-order valence-corrected chi connectivity index (χ2v) is 16.1. The van der Waals surface area contributed by atoms with E-state index < -0.39 is 32.5 Å². The first-order valence-electron chi connectivity index (χ1n) is 13.5. The van der Waals surface area contributed by atoms with E-state index >= 15 is 0 Å². The molecule has 40 heavy (non-hydrogen) atoms. The summed E-state index contributed by atoms with van der Waals surface area (Å²) in [5.74, 6) is -0.625. The van der Waals surface area contributed by atoms with E-state index in [-0.39, 0.29) is 75.9 Å². The van der Waals surface area contributed by atoms with Gasteiger partial charge in [0.1, 0.15) is 0 Å². The number of rotatable bonds is 3. The molecule has 0 aliphatic rings. The quantitative estimate of drug-likeness (QED) is 0.278. The van der Waals surface area contributed by atoms with Gasteiger partial charge in [0, 0.05) is 16.2 Å². The summed E-state index contributed by atoms with van der Waals surface area (Å²) in [6.07, 6.45) is 3.67. The molecule has 0 aromatic heterocycles. The van der Waals surface area contributed by atoms with Crippen molar-refractivity contribution in [3.8, 4) is 0 Å². The van der Waals surface area contributed by atoms with Gasteiger partial charge in [-0.2, -0.15) is 0 Å². The van der Waals surface area contributed by atoms with Crippen LogP contribution in [0.3, 0.4) is 0 Å². The maximum atomic E-state index is 11.4. The zero-order chi connectivity index (χ0) is 32.6. The molecule has 0 N–H and O–H groups in total. The van der Waals surface area contributed by atoms with Crippen LogP contribution in [0.4, 0.5) is 0 Å². The third-order valence-electron chi connectivity index (χ3n) is 5.22. The fraction of sp³-hybridized carbons (Fsp3) is 0.727. The third-order valence-corrected chi connectivity index (χ3v) is 5.22. The fourth-order valence-corrected chi connectivity index (χ4v) is 1.66. The van der Waals surface area contributed by atoms with Crippen LogP contribution in [0.15, 0.2) is 35.5 Å². The third kappa shape index (κ3) is 21.7. The van der Waals surface area contributed by atoms with Crippen molar-refractivity contribution < 1.29 is 71.0 Å². The molecular formula is C33H57O6Pr. The predicted molar refractivity (Wildman–Crippen MR) is 156 cm³/mol. The first kappa shape index (κ1) is 46.0. The number of hydrogen-bond acceptors (Lipinski definition) is 6. The molecule has 0 aromatic carbocycles. The van der Waals surface area contributed by atoms with Gasteiger partial charge < -0.3 is 15.3 Å². The van der Waals surface area contributed by atoms with E-state index in [4.69, 9.17) is 0 Å². The molecule has 0 aliphatic carbocycles. The van der Waals surface area contributed by atoms with Crippen LogP contribution in [-0.4, -0.2) is 17.3 Å². The van der Waals surface area contributed by atoms with Crippen LogP contribution in [0.2, 0.25) is 0 Å². The summed E-state index contributed by atoms with van der Waals surface area (Å²) < 4.78 is 0. The summed E-state index contributed by atoms with van der Waals surface area (Å²) >= 11 is 0. The second kappa shape index (κ2) is 16.6. The number of carbonyl (C=O) groups excluding carboxylic acids is 3. The van der Waals surface area contributed by atoms with Crippen LogP contribution in [0, 0.1) is 73.8 Å². The second-order valence-electron chi connectivity index (χ2n) is 16.1. The van der Waals surface area contributed by atoms with E-state index in [0.29, 0.717) is 0 Å². The topological polar surface area (TPSA) is 120 Å². The fourth-order valence-electron chi connectivity index (χ4n) is 1.66. The Morgan fingerprint density at radius 3 is 0.550 bits per heavy atom. The molecule has 0 aromatic rings. The summed E-state index contributed by atoms with van der Waals surface area (Å²) in [6, 6.07) is 0. The molecule has 0 radical (unpaired) electrons. The van der Waals surface area contributed by atoms with Gasteiger partial charge >= 0.3 is 41.3 Å². The molecule has 0 spiro atoms. The maximum Gasteiger partial charge on any atom is 3.00 e. The average Bonchev–Trinajstić information content (AvgIpc) is 2.64. The first-order valence-corrected chi connectivity index (χ1v) is 13.5. The van der Waals surface area contributed by atoms with Crippen molar-refractivity contribution in [3.63, 3.8) is 0 Å². The number of ketones is 3. The molecule has 0 bridgehead atoms. The Hall–Kier alpha value is -1.01. The molecule has 0 fully saturated rings. The number of hydrogen-bond donors (Lipinski definition) is 0. The van der Waals surface area contributed by atoms with Crippen LogP contribution in [0.5, 0.6) is 0 Å². The van der Waals surface area contributed by atoms with Crippen molar-refractivity contribution in [1.82, 2.24) is 0 Å². The van der Waals surface area contributed by atoms with Gasteiger partial charge in [-0.1, -0.05) is 125 Å². The summed E-state index contributed by atoms with van der Waals surface area (Å²) in [5, 5.41) is 34.3. The molecule has 7 heteroatoms. The average molecular weight is 691 g/mol. The number of carbonyl (C=O) groups is 3. The zero-order valence-corrected chi connectivity index (χ0v) is 32.5. The Kier molecular flexibility index (Phi) is 19.1. The summed E-state index contributed by atoms with van der Waals surface area (Å²) in [6.45, 7) is 32.5. The molecule has 0 saturated heterocycles. The van der Waals surface area contributed by atoms with Gasteiger partial charge in [-0.15, -0.1) is 17.3 Å². The molecule has 0 saturated carbocycles. The van der Waals surface area contributed by atoms with Crippen molar-refractivity contribution in [2.75, 3.05) is 0 Å². The Balaban J connectivity index is -0.000000240. The van der Waals surface area contributed by atoms with Crippen molar-refractivity contribution in [2.45, 2.75) is 125 Å². The molecule has 0 atom stereocenters. The van der Waals surface area contributed by atoms with E-state index in [1.165, 1.54) is 18.2 Å². The van der Waals surface area contributed by atoms with Gasteiger partial charge in [0.2, 0.25) is 0 Å². The Bertz CT molecular complexity index is 801. The monoisotopic (exact) mass is 690 g/mol. The van der Waals surface area contributed by atoms with Crippen molar-refractivity contribution in [3.05, 3.63) is 35.5 Å². The Labute approximate surface area is 279 Å². The van der Waals surface area contributed by atoms with Gasteiger partial charge in [0.05, 0.1) is 0 Å². The van der Waals surface area contributed by atoms with Gasteiger partial charge in [0.25, 0.3) is 0 Å². The largest absolute Gasteiger partial charge is 3.00 e. The summed E-state index contributed by atoms with van der Waals surface area (Å²) in [7, 11) is 0. The summed E-state index contributed by atoms with van der Waals surface area (Å²) in [4.78, 5) is 34.3. The SMILES string of the molecule is CC(C)(C)C(=O)C=C([O-])C(C)(C)C.CC(C)(C)C(=O)C=C([O-])C(C)(C)C.CC(C)(C)C(=O)C=C([O-])C(C)(C)C.[Pr+3]. The molecule has 0 amide bonds. The maximum absolute atomic E-state index is 11.4. The molecule has 228 valence electrons.